The molecule has 0 saturated heterocycles. The fraction of sp³-hybridized carbons (Fsp3) is 0.0667. The summed E-state index contributed by atoms with van der Waals surface area (Å²) in [6.45, 7) is 1.52. The molecule has 106 valence electrons. The van der Waals surface area contributed by atoms with Crippen molar-refractivity contribution in [2.75, 3.05) is 11.1 Å². The molecule has 0 bridgehead atoms. The number of nitrogens with zero attached hydrogens (tertiary/aromatic N) is 1. The van der Waals surface area contributed by atoms with Gasteiger partial charge in [0.2, 0.25) is 0 Å². The van der Waals surface area contributed by atoms with Crippen LogP contribution in [0.3, 0.4) is 0 Å². The number of nitrogens with one attached hydrogen (secondary N) is 1. The number of aryl methyl sites for hydroxylation is 1. The molecule has 0 spiro atoms. The van der Waals surface area contributed by atoms with Gasteiger partial charge in [-0.1, -0.05) is 11.6 Å². The van der Waals surface area contributed by atoms with E-state index < -0.39 is 11.7 Å². The lowest BCUT2D eigenvalue weighted by atomic mass is 10.1. The summed E-state index contributed by atoms with van der Waals surface area (Å²) in [7, 11) is 0. The number of rotatable bonds is 2. The van der Waals surface area contributed by atoms with Gasteiger partial charge >= 0.3 is 0 Å². The van der Waals surface area contributed by atoms with Crippen molar-refractivity contribution in [3.05, 3.63) is 57.9 Å². The number of anilines is 2. The summed E-state index contributed by atoms with van der Waals surface area (Å²) >= 11 is 5.96. The van der Waals surface area contributed by atoms with Crippen molar-refractivity contribution >= 4 is 28.9 Å². The zero-order chi connectivity index (χ0) is 15.6. The standard InChI is InChI=1S/C15H11ClFN3O/c1-8-4-10(19)6-11(14(8)17)15(21)20-13-3-2-9(7-18)5-12(13)16/h2-6H,19H2,1H3,(H,20,21). The van der Waals surface area contributed by atoms with E-state index in [1.807, 2.05) is 6.07 Å². The minimum Gasteiger partial charge on any atom is -0.399 e. The third kappa shape index (κ3) is 3.12. The fourth-order valence-corrected chi connectivity index (χ4v) is 2.07. The smallest absolute Gasteiger partial charge is 0.258 e. The van der Waals surface area contributed by atoms with Gasteiger partial charge in [-0.05, 0) is 42.8 Å². The Kier molecular flexibility index (Phi) is 4.10. The first-order valence-corrected chi connectivity index (χ1v) is 6.37. The molecule has 0 aliphatic heterocycles. The second-order valence-electron chi connectivity index (χ2n) is 4.46. The first kappa shape index (κ1) is 14.8. The minimum atomic E-state index is -0.658. The summed E-state index contributed by atoms with van der Waals surface area (Å²) in [5.41, 5.74) is 6.70. The molecule has 0 unspecified atom stereocenters. The van der Waals surface area contributed by atoms with Crippen LogP contribution in [0.4, 0.5) is 15.8 Å². The molecule has 0 radical (unpaired) electrons. The van der Waals surface area contributed by atoms with Crippen molar-refractivity contribution in [2.45, 2.75) is 6.92 Å². The summed E-state index contributed by atoms with van der Waals surface area (Å²) in [4.78, 5) is 12.1. The van der Waals surface area contributed by atoms with Crippen LogP contribution in [0, 0.1) is 24.1 Å². The molecule has 0 fully saturated rings. The lowest BCUT2D eigenvalue weighted by molar-refractivity contribution is 0.102. The van der Waals surface area contributed by atoms with E-state index in [2.05, 4.69) is 5.32 Å². The number of hydrogen-bond donors (Lipinski definition) is 2. The van der Waals surface area contributed by atoms with Crippen LogP contribution >= 0.6 is 11.6 Å². The predicted octanol–water partition coefficient (Wildman–Crippen LogP) is 3.49. The number of nitrogen functional groups attached to an aromatic ring is 1. The minimum absolute atomic E-state index is 0.159. The van der Waals surface area contributed by atoms with Crippen LogP contribution in [0.25, 0.3) is 0 Å². The lowest BCUT2D eigenvalue weighted by Crippen LogP contribution is -2.15. The Morgan fingerprint density at radius 3 is 2.71 bits per heavy atom. The number of nitriles is 1. The first-order chi connectivity index (χ1) is 9.92. The van der Waals surface area contributed by atoms with Gasteiger partial charge in [-0.2, -0.15) is 5.26 Å². The molecule has 0 aromatic heterocycles. The second-order valence-corrected chi connectivity index (χ2v) is 4.87. The molecule has 0 atom stereocenters. The fourth-order valence-electron chi connectivity index (χ4n) is 1.84. The van der Waals surface area contributed by atoms with E-state index in [-0.39, 0.29) is 16.1 Å². The molecule has 0 aliphatic rings. The molecular weight excluding hydrogens is 293 g/mol. The number of halogens is 2. The maximum atomic E-state index is 14.0. The molecule has 3 N–H and O–H groups in total. The van der Waals surface area contributed by atoms with Gasteiger partial charge in [-0.15, -0.1) is 0 Å². The Morgan fingerprint density at radius 2 is 2.10 bits per heavy atom. The third-order valence-corrected chi connectivity index (χ3v) is 3.18. The topological polar surface area (TPSA) is 78.9 Å². The van der Waals surface area contributed by atoms with E-state index in [0.29, 0.717) is 16.9 Å². The predicted molar refractivity (Wildman–Crippen MR) is 79.7 cm³/mol. The summed E-state index contributed by atoms with van der Waals surface area (Å²) < 4.78 is 14.0. The second kappa shape index (κ2) is 5.81. The SMILES string of the molecule is Cc1cc(N)cc(C(=O)Nc2ccc(C#N)cc2Cl)c1F. The number of hydrogen-bond acceptors (Lipinski definition) is 3. The van der Waals surface area contributed by atoms with Gasteiger partial charge in [0.05, 0.1) is 27.9 Å². The summed E-state index contributed by atoms with van der Waals surface area (Å²) in [5.74, 6) is -1.29. The molecule has 6 heteroatoms. The molecular formula is C15H11ClFN3O. The zero-order valence-electron chi connectivity index (χ0n) is 11.1. The summed E-state index contributed by atoms with van der Waals surface area (Å²) in [6, 6.07) is 9.03. The third-order valence-electron chi connectivity index (χ3n) is 2.87. The lowest BCUT2D eigenvalue weighted by Gasteiger charge is -2.10. The Hall–Kier alpha value is -2.58. The summed E-state index contributed by atoms with van der Waals surface area (Å²) in [6.07, 6.45) is 0. The van der Waals surface area contributed by atoms with Crippen molar-refractivity contribution in [2.24, 2.45) is 0 Å². The van der Waals surface area contributed by atoms with E-state index in [9.17, 15) is 9.18 Å². The van der Waals surface area contributed by atoms with Crippen molar-refractivity contribution in [3.8, 4) is 6.07 Å². The van der Waals surface area contributed by atoms with Crippen molar-refractivity contribution in [1.82, 2.24) is 0 Å². The highest BCUT2D eigenvalue weighted by molar-refractivity contribution is 6.34. The summed E-state index contributed by atoms with van der Waals surface area (Å²) in [5, 5.41) is 11.4. The van der Waals surface area contributed by atoms with Gasteiger partial charge in [0.1, 0.15) is 5.82 Å². The molecule has 0 aliphatic carbocycles. The van der Waals surface area contributed by atoms with Gasteiger partial charge in [0.25, 0.3) is 5.91 Å². The zero-order valence-corrected chi connectivity index (χ0v) is 11.8. The molecule has 0 saturated carbocycles. The Bertz CT molecular complexity index is 768. The molecule has 0 heterocycles. The van der Waals surface area contributed by atoms with E-state index >= 15 is 0 Å². The van der Waals surface area contributed by atoms with Crippen molar-refractivity contribution < 1.29 is 9.18 Å². The Balaban J connectivity index is 2.33. The van der Waals surface area contributed by atoms with Gasteiger partial charge in [0.15, 0.2) is 0 Å². The van der Waals surface area contributed by atoms with Gasteiger partial charge < -0.3 is 11.1 Å². The van der Waals surface area contributed by atoms with Crippen molar-refractivity contribution in [1.29, 1.82) is 5.26 Å². The van der Waals surface area contributed by atoms with Gasteiger partial charge in [0, 0.05) is 5.69 Å². The van der Waals surface area contributed by atoms with Crippen LogP contribution in [0.2, 0.25) is 5.02 Å². The van der Waals surface area contributed by atoms with E-state index in [1.54, 1.807) is 0 Å². The molecule has 2 rings (SSSR count). The van der Waals surface area contributed by atoms with Crippen LogP contribution in [-0.2, 0) is 0 Å². The average Bonchev–Trinajstić information content (AvgIpc) is 2.44. The van der Waals surface area contributed by atoms with Crippen LogP contribution < -0.4 is 11.1 Å². The highest BCUT2D eigenvalue weighted by Gasteiger charge is 2.16. The Labute approximate surface area is 125 Å². The van der Waals surface area contributed by atoms with Crippen LogP contribution in [0.1, 0.15) is 21.5 Å². The molecule has 1 amide bonds. The van der Waals surface area contributed by atoms with Crippen LogP contribution in [0.5, 0.6) is 0 Å². The number of carbonyl (C=O) groups excluding carboxylic acids is 1. The Morgan fingerprint density at radius 1 is 1.38 bits per heavy atom. The molecule has 2 aromatic rings. The first-order valence-electron chi connectivity index (χ1n) is 5.99. The van der Waals surface area contributed by atoms with E-state index in [0.717, 1.165) is 0 Å². The quantitative estimate of drug-likeness (QED) is 0.833. The molecule has 21 heavy (non-hydrogen) atoms. The van der Waals surface area contributed by atoms with Crippen molar-refractivity contribution in [3.63, 3.8) is 0 Å². The number of benzene rings is 2. The monoisotopic (exact) mass is 303 g/mol. The van der Waals surface area contributed by atoms with E-state index in [4.69, 9.17) is 22.6 Å². The maximum absolute atomic E-state index is 14.0. The van der Waals surface area contributed by atoms with E-state index in [1.165, 1.54) is 37.3 Å². The van der Waals surface area contributed by atoms with Gasteiger partial charge in [-0.3, -0.25) is 4.79 Å². The number of carbonyl (C=O) groups is 1. The molecule has 4 nitrogen and oxygen atoms in total. The van der Waals surface area contributed by atoms with Crippen LogP contribution in [0.15, 0.2) is 30.3 Å². The maximum Gasteiger partial charge on any atom is 0.258 e. The van der Waals surface area contributed by atoms with Gasteiger partial charge in [-0.25, -0.2) is 4.39 Å². The highest BCUT2D eigenvalue weighted by Crippen LogP contribution is 2.24. The average molecular weight is 304 g/mol. The normalized spacial score (nSPS) is 10.0. The number of nitrogens with two attached hydrogens (primary N) is 1. The molecule has 2 aromatic carbocycles. The largest absolute Gasteiger partial charge is 0.399 e. The highest BCUT2D eigenvalue weighted by atomic mass is 35.5. The van der Waals surface area contributed by atoms with Crippen LogP contribution in [-0.4, -0.2) is 5.91 Å². The number of amides is 1.